The number of carbonyl (C=O) groups is 1. The minimum atomic E-state index is -1.08. The van der Waals surface area contributed by atoms with Crippen molar-refractivity contribution >= 4 is 28.3 Å². The maximum absolute atomic E-state index is 14.4. The predicted molar refractivity (Wildman–Crippen MR) is 110 cm³/mol. The number of aromatic nitrogens is 1. The molecule has 0 spiro atoms. The van der Waals surface area contributed by atoms with Gasteiger partial charge in [0, 0.05) is 47.3 Å². The summed E-state index contributed by atoms with van der Waals surface area (Å²) in [5, 5.41) is 7.30. The molecule has 156 valence electrons. The summed E-state index contributed by atoms with van der Waals surface area (Å²) in [6.07, 6.45) is 4.51. The third-order valence-electron chi connectivity index (χ3n) is 5.27. The minimum absolute atomic E-state index is 0.0482. The number of fused-ring (bicyclic) bond motifs is 1. The van der Waals surface area contributed by atoms with Crippen LogP contribution in [0.4, 0.5) is 13.2 Å². The molecule has 0 bridgehead atoms. The van der Waals surface area contributed by atoms with E-state index in [2.05, 4.69) is 15.6 Å². The molecule has 2 aromatic carbocycles. The minimum Gasteiger partial charge on any atom is -0.350 e. The maximum atomic E-state index is 14.4. The highest BCUT2D eigenvalue weighted by Crippen LogP contribution is 2.34. The van der Waals surface area contributed by atoms with Crippen LogP contribution in [0.1, 0.15) is 29.6 Å². The fraction of sp³-hybridized carbons (Fsp3) is 0.273. The van der Waals surface area contributed by atoms with Crippen LogP contribution in [0.15, 0.2) is 36.5 Å². The molecule has 1 aromatic heterocycles. The van der Waals surface area contributed by atoms with Crippen molar-refractivity contribution in [1.82, 2.24) is 15.6 Å². The smallest absolute Gasteiger partial charge is 0.251 e. The zero-order chi connectivity index (χ0) is 21.3. The van der Waals surface area contributed by atoms with E-state index >= 15 is 0 Å². The van der Waals surface area contributed by atoms with Gasteiger partial charge in [-0.3, -0.25) is 9.78 Å². The molecule has 1 saturated heterocycles. The molecule has 1 amide bonds. The van der Waals surface area contributed by atoms with Gasteiger partial charge >= 0.3 is 0 Å². The molecule has 0 radical (unpaired) electrons. The van der Waals surface area contributed by atoms with Crippen molar-refractivity contribution < 1.29 is 18.0 Å². The molecule has 1 aliphatic rings. The predicted octanol–water partition coefficient (Wildman–Crippen LogP) is 4.84. The lowest BCUT2D eigenvalue weighted by molar-refractivity contribution is 0.0948. The highest BCUT2D eigenvalue weighted by Gasteiger charge is 2.20. The molecule has 2 heterocycles. The number of piperidine rings is 1. The zero-order valence-electron chi connectivity index (χ0n) is 15.9. The Balaban J connectivity index is 1.71. The summed E-state index contributed by atoms with van der Waals surface area (Å²) < 4.78 is 42.1. The van der Waals surface area contributed by atoms with Crippen LogP contribution in [-0.2, 0) is 0 Å². The first-order valence-electron chi connectivity index (χ1n) is 9.69. The summed E-state index contributed by atoms with van der Waals surface area (Å²) in [7, 11) is 0. The van der Waals surface area contributed by atoms with E-state index < -0.39 is 23.0 Å². The van der Waals surface area contributed by atoms with Gasteiger partial charge in [-0.2, -0.15) is 0 Å². The standard InChI is InChI=1S/C22H19ClF3N3O/c23-17-11-28-21(20-18(25)8-13(24)9-19(20)26)16-7-12(4-5-15(16)17)22(30)29-10-14-3-1-2-6-27-14/h4-5,7-9,11,14,27H,1-3,6,10H2,(H,29,30)/t14-/m0/s1. The number of hydrogen-bond acceptors (Lipinski definition) is 3. The van der Waals surface area contributed by atoms with Crippen LogP contribution in [-0.4, -0.2) is 30.0 Å². The summed E-state index contributed by atoms with van der Waals surface area (Å²) >= 11 is 6.20. The SMILES string of the molecule is O=C(NC[C@@H]1CCCCN1)c1ccc2c(Cl)cnc(-c3c(F)cc(F)cc3F)c2c1. The van der Waals surface area contributed by atoms with E-state index in [1.165, 1.54) is 12.3 Å². The molecule has 8 heteroatoms. The van der Waals surface area contributed by atoms with E-state index in [0.29, 0.717) is 35.0 Å². The van der Waals surface area contributed by atoms with Gasteiger partial charge < -0.3 is 10.6 Å². The second-order valence-electron chi connectivity index (χ2n) is 7.32. The molecule has 0 aliphatic carbocycles. The highest BCUT2D eigenvalue weighted by atomic mass is 35.5. The number of halogens is 4. The number of rotatable bonds is 4. The summed E-state index contributed by atoms with van der Waals surface area (Å²) in [4.78, 5) is 16.7. The molecule has 1 fully saturated rings. The molecule has 1 aliphatic heterocycles. The van der Waals surface area contributed by atoms with Crippen LogP contribution in [0.5, 0.6) is 0 Å². The molecule has 0 saturated carbocycles. The summed E-state index contributed by atoms with van der Waals surface area (Å²) in [6, 6.07) is 6.10. The maximum Gasteiger partial charge on any atom is 0.251 e. The van der Waals surface area contributed by atoms with Crippen LogP contribution in [0.25, 0.3) is 22.0 Å². The highest BCUT2D eigenvalue weighted by molar-refractivity contribution is 6.35. The van der Waals surface area contributed by atoms with Crippen molar-refractivity contribution in [2.24, 2.45) is 0 Å². The first-order valence-corrected chi connectivity index (χ1v) is 10.1. The Bertz CT molecular complexity index is 1090. The van der Waals surface area contributed by atoms with Crippen molar-refractivity contribution in [3.8, 4) is 11.3 Å². The second-order valence-corrected chi connectivity index (χ2v) is 7.72. The van der Waals surface area contributed by atoms with Crippen LogP contribution in [0, 0.1) is 17.5 Å². The molecule has 2 N–H and O–H groups in total. The third-order valence-corrected chi connectivity index (χ3v) is 5.57. The largest absolute Gasteiger partial charge is 0.350 e. The Morgan fingerprint density at radius 2 is 1.90 bits per heavy atom. The van der Waals surface area contributed by atoms with Gasteiger partial charge in [-0.1, -0.05) is 24.1 Å². The van der Waals surface area contributed by atoms with Gasteiger partial charge in [0.05, 0.1) is 16.3 Å². The summed E-state index contributed by atoms with van der Waals surface area (Å²) in [6.45, 7) is 1.41. The van der Waals surface area contributed by atoms with Crippen molar-refractivity contribution in [3.63, 3.8) is 0 Å². The van der Waals surface area contributed by atoms with Crippen LogP contribution in [0.2, 0.25) is 5.02 Å². The zero-order valence-corrected chi connectivity index (χ0v) is 16.7. The number of hydrogen-bond donors (Lipinski definition) is 2. The number of carbonyl (C=O) groups excluding carboxylic acids is 1. The molecule has 3 aromatic rings. The van der Waals surface area contributed by atoms with E-state index in [9.17, 15) is 18.0 Å². The van der Waals surface area contributed by atoms with Crippen molar-refractivity contribution in [3.05, 3.63) is 64.6 Å². The fourth-order valence-corrected chi connectivity index (χ4v) is 3.95. The average Bonchev–Trinajstić information content (AvgIpc) is 2.73. The fourth-order valence-electron chi connectivity index (χ4n) is 3.73. The van der Waals surface area contributed by atoms with Gasteiger partial charge in [0.25, 0.3) is 5.91 Å². The normalized spacial score (nSPS) is 16.6. The van der Waals surface area contributed by atoms with Gasteiger partial charge in [0.2, 0.25) is 0 Å². The van der Waals surface area contributed by atoms with Gasteiger partial charge in [0.1, 0.15) is 17.5 Å². The molecule has 4 rings (SSSR count). The molecular formula is C22H19ClF3N3O. The number of pyridine rings is 1. The van der Waals surface area contributed by atoms with Gasteiger partial charge in [-0.25, -0.2) is 13.2 Å². The molecular weight excluding hydrogens is 415 g/mol. The molecule has 4 nitrogen and oxygen atoms in total. The topological polar surface area (TPSA) is 54.0 Å². The van der Waals surface area contributed by atoms with Crippen LogP contribution >= 0.6 is 11.6 Å². The number of amides is 1. The number of nitrogens with zero attached hydrogens (tertiary/aromatic N) is 1. The summed E-state index contributed by atoms with van der Waals surface area (Å²) in [5.74, 6) is -3.50. The monoisotopic (exact) mass is 433 g/mol. The first kappa shape index (κ1) is 20.6. The summed E-state index contributed by atoms with van der Waals surface area (Å²) in [5.41, 5.74) is -0.207. The van der Waals surface area contributed by atoms with Gasteiger partial charge in [-0.15, -0.1) is 0 Å². The Morgan fingerprint density at radius 3 is 2.60 bits per heavy atom. The average molecular weight is 434 g/mol. The van der Waals surface area contributed by atoms with E-state index in [-0.39, 0.29) is 22.7 Å². The van der Waals surface area contributed by atoms with Crippen LogP contribution in [0.3, 0.4) is 0 Å². The lowest BCUT2D eigenvalue weighted by Crippen LogP contribution is -2.43. The first-order chi connectivity index (χ1) is 14.4. The van der Waals surface area contributed by atoms with Crippen molar-refractivity contribution in [1.29, 1.82) is 0 Å². The van der Waals surface area contributed by atoms with Crippen LogP contribution < -0.4 is 10.6 Å². The second kappa shape index (κ2) is 8.62. The third kappa shape index (κ3) is 4.13. The number of benzene rings is 2. The lowest BCUT2D eigenvalue weighted by Gasteiger charge is -2.23. The van der Waals surface area contributed by atoms with Gasteiger partial charge in [0.15, 0.2) is 0 Å². The Morgan fingerprint density at radius 1 is 1.13 bits per heavy atom. The molecule has 1 atom stereocenters. The van der Waals surface area contributed by atoms with E-state index in [1.54, 1.807) is 12.1 Å². The number of nitrogens with one attached hydrogen (secondary N) is 2. The van der Waals surface area contributed by atoms with Gasteiger partial charge in [-0.05, 0) is 31.5 Å². The lowest BCUT2D eigenvalue weighted by atomic mass is 10.0. The molecule has 0 unspecified atom stereocenters. The molecule has 30 heavy (non-hydrogen) atoms. The Hall–Kier alpha value is -2.64. The van der Waals surface area contributed by atoms with Crippen molar-refractivity contribution in [2.75, 3.05) is 13.1 Å². The Labute approximate surface area is 176 Å². The quantitative estimate of drug-likeness (QED) is 0.618. The Kier molecular flexibility index (Phi) is 5.92. The van der Waals surface area contributed by atoms with E-state index in [0.717, 1.165) is 25.8 Å². The van der Waals surface area contributed by atoms with E-state index in [1.807, 2.05) is 0 Å². The van der Waals surface area contributed by atoms with E-state index in [4.69, 9.17) is 11.6 Å². The van der Waals surface area contributed by atoms with Crippen molar-refractivity contribution in [2.45, 2.75) is 25.3 Å².